The summed E-state index contributed by atoms with van der Waals surface area (Å²) in [5.74, 6) is 0.0765. The first-order valence-corrected chi connectivity index (χ1v) is 12.7. The Balaban J connectivity index is 3.83. The summed E-state index contributed by atoms with van der Waals surface area (Å²) in [5, 5.41) is 3.07. The molecule has 0 saturated carbocycles. The van der Waals surface area contributed by atoms with Crippen LogP contribution in [0.1, 0.15) is 124 Å². The van der Waals surface area contributed by atoms with Crippen LogP contribution < -0.4 is 5.32 Å². The molecule has 0 fully saturated rings. The van der Waals surface area contributed by atoms with E-state index in [2.05, 4.69) is 40.2 Å². The maximum atomic E-state index is 12.2. The van der Waals surface area contributed by atoms with E-state index >= 15 is 0 Å². The molecule has 0 atom stereocenters. The van der Waals surface area contributed by atoms with E-state index < -0.39 is 0 Å². The molecule has 0 aromatic carbocycles. The highest BCUT2D eigenvalue weighted by Gasteiger charge is 2.18. The van der Waals surface area contributed by atoms with Crippen LogP contribution in [-0.4, -0.2) is 37.6 Å². The summed E-state index contributed by atoms with van der Waals surface area (Å²) >= 11 is 0. The van der Waals surface area contributed by atoms with E-state index in [9.17, 15) is 4.79 Å². The fourth-order valence-corrected chi connectivity index (χ4v) is 3.70. The van der Waals surface area contributed by atoms with Crippen LogP contribution in [0.3, 0.4) is 0 Å². The Morgan fingerprint density at radius 2 is 1.10 bits per heavy atom. The highest BCUT2D eigenvalue weighted by atomic mass is 16.1. The van der Waals surface area contributed by atoms with E-state index in [0.717, 1.165) is 29.7 Å². The zero-order valence-electron chi connectivity index (χ0n) is 20.7. The quantitative estimate of drug-likeness (QED) is 0.127. The van der Waals surface area contributed by atoms with E-state index in [-0.39, 0.29) is 5.91 Å². The van der Waals surface area contributed by atoms with Gasteiger partial charge in [0.15, 0.2) is 0 Å². The molecule has 0 aliphatic carbocycles. The number of nitrogens with one attached hydrogen (secondary N) is 1. The lowest BCUT2D eigenvalue weighted by molar-refractivity contribution is -0.852. The van der Waals surface area contributed by atoms with E-state index in [1.165, 1.54) is 96.3 Å². The van der Waals surface area contributed by atoms with Crippen LogP contribution in [-0.2, 0) is 4.79 Å². The van der Waals surface area contributed by atoms with Gasteiger partial charge in [-0.1, -0.05) is 97.3 Å². The molecule has 0 spiro atoms. The van der Waals surface area contributed by atoms with Crippen LogP contribution in [0.15, 0.2) is 11.8 Å². The number of amides is 1. The third-order valence-electron chi connectivity index (χ3n) is 6.20. The Bertz CT molecular complexity index is 415. The number of unbranched alkanes of at least 4 members (excludes halogenated alkanes) is 14. The smallest absolute Gasteiger partial charge is 0.249 e. The lowest BCUT2D eigenvalue weighted by Crippen LogP contribution is -2.39. The molecule has 0 aliphatic rings. The predicted molar refractivity (Wildman–Crippen MR) is 129 cm³/mol. The standard InChI is InChI=1S/C26H52N2O/c1-6-8-10-12-14-16-18-20-22-27-26(29)24-25(3)28(4,5)23-21-19-17-15-13-11-9-7-2/h24H,6-23H2,1-5H3/p+1/b25-24+. The molecule has 0 bridgehead atoms. The van der Waals surface area contributed by atoms with E-state index in [0.29, 0.717) is 0 Å². The minimum atomic E-state index is 0.0765. The number of carbonyl (C=O) groups is 1. The van der Waals surface area contributed by atoms with Gasteiger partial charge >= 0.3 is 0 Å². The Morgan fingerprint density at radius 3 is 1.59 bits per heavy atom. The topological polar surface area (TPSA) is 29.1 Å². The van der Waals surface area contributed by atoms with Crippen molar-refractivity contribution >= 4 is 5.91 Å². The van der Waals surface area contributed by atoms with Crippen LogP contribution in [0, 0.1) is 0 Å². The molecule has 0 aromatic rings. The Kier molecular flexibility index (Phi) is 18.6. The highest BCUT2D eigenvalue weighted by Crippen LogP contribution is 2.15. The number of hydrogen-bond acceptors (Lipinski definition) is 1. The van der Waals surface area contributed by atoms with Crippen molar-refractivity contribution in [2.24, 2.45) is 0 Å². The molecule has 0 aromatic heterocycles. The van der Waals surface area contributed by atoms with Crippen molar-refractivity contribution in [1.29, 1.82) is 0 Å². The molecule has 0 heterocycles. The monoisotopic (exact) mass is 409 g/mol. The molecule has 29 heavy (non-hydrogen) atoms. The van der Waals surface area contributed by atoms with Gasteiger partial charge < -0.3 is 5.32 Å². The summed E-state index contributed by atoms with van der Waals surface area (Å²) < 4.78 is 0.820. The molecular weight excluding hydrogens is 356 g/mol. The number of hydrogen-bond donors (Lipinski definition) is 1. The summed E-state index contributed by atoms with van der Waals surface area (Å²) in [6.45, 7) is 8.55. The van der Waals surface area contributed by atoms with E-state index in [1.807, 2.05) is 6.08 Å². The van der Waals surface area contributed by atoms with Crippen molar-refractivity contribution < 1.29 is 9.28 Å². The molecule has 0 aliphatic heterocycles. The predicted octanol–water partition coefficient (Wildman–Crippen LogP) is 7.36. The minimum Gasteiger partial charge on any atom is -0.352 e. The second kappa shape index (κ2) is 19.2. The van der Waals surface area contributed by atoms with Crippen LogP contribution >= 0.6 is 0 Å². The number of allylic oxidation sites excluding steroid dienone is 1. The van der Waals surface area contributed by atoms with Gasteiger partial charge in [0, 0.05) is 13.5 Å². The maximum absolute atomic E-state index is 12.2. The Labute approximate surface area is 183 Å². The second-order valence-electron chi connectivity index (χ2n) is 9.44. The van der Waals surface area contributed by atoms with E-state index in [4.69, 9.17) is 0 Å². The van der Waals surface area contributed by atoms with Gasteiger partial charge in [-0.25, -0.2) is 0 Å². The molecule has 1 amide bonds. The summed E-state index contributed by atoms with van der Waals surface area (Å²) in [5.41, 5.74) is 1.15. The lowest BCUT2D eigenvalue weighted by Gasteiger charge is -2.30. The number of carbonyl (C=O) groups excluding carboxylic acids is 1. The van der Waals surface area contributed by atoms with Crippen molar-refractivity contribution in [3.8, 4) is 0 Å². The number of rotatable bonds is 20. The first-order valence-electron chi connectivity index (χ1n) is 12.7. The van der Waals surface area contributed by atoms with Gasteiger partial charge in [-0.05, 0) is 19.3 Å². The van der Waals surface area contributed by atoms with Crippen molar-refractivity contribution in [3.05, 3.63) is 11.8 Å². The Hall–Kier alpha value is -0.830. The van der Waals surface area contributed by atoms with Gasteiger partial charge in [0.25, 0.3) is 0 Å². The average molecular weight is 410 g/mol. The summed E-state index contributed by atoms with van der Waals surface area (Å²) in [6, 6.07) is 0. The second-order valence-corrected chi connectivity index (χ2v) is 9.44. The van der Waals surface area contributed by atoms with Gasteiger partial charge in [-0.15, -0.1) is 0 Å². The molecule has 3 nitrogen and oxygen atoms in total. The summed E-state index contributed by atoms with van der Waals surface area (Å²) in [7, 11) is 4.44. The number of quaternary nitrogens is 1. The van der Waals surface area contributed by atoms with Gasteiger partial charge in [0.1, 0.15) is 5.70 Å². The third kappa shape index (κ3) is 17.7. The zero-order chi connectivity index (χ0) is 21.8. The molecule has 0 saturated heterocycles. The first kappa shape index (κ1) is 28.2. The van der Waals surface area contributed by atoms with Gasteiger partial charge in [-0.3, -0.25) is 9.28 Å². The third-order valence-corrected chi connectivity index (χ3v) is 6.20. The molecule has 0 rings (SSSR count). The van der Waals surface area contributed by atoms with Gasteiger partial charge in [0.05, 0.1) is 26.7 Å². The van der Waals surface area contributed by atoms with Gasteiger partial charge in [0.2, 0.25) is 5.91 Å². The van der Waals surface area contributed by atoms with Crippen molar-refractivity contribution in [1.82, 2.24) is 5.32 Å². The van der Waals surface area contributed by atoms with Gasteiger partial charge in [-0.2, -0.15) is 0 Å². The molecule has 0 unspecified atom stereocenters. The lowest BCUT2D eigenvalue weighted by atomic mass is 10.1. The molecule has 1 N–H and O–H groups in total. The fraction of sp³-hybridized carbons (Fsp3) is 0.885. The zero-order valence-corrected chi connectivity index (χ0v) is 20.7. The average Bonchev–Trinajstić information content (AvgIpc) is 2.68. The molecule has 172 valence electrons. The SMILES string of the molecule is CCCCCCCCCCNC(=O)/C=C(\C)[N+](C)(C)CCCCCCCCCC. The largest absolute Gasteiger partial charge is 0.352 e. The van der Waals surface area contributed by atoms with E-state index in [1.54, 1.807) is 0 Å². The van der Waals surface area contributed by atoms with Crippen molar-refractivity contribution in [3.63, 3.8) is 0 Å². The van der Waals surface area contributed by atoms with Crippen LogP contribution in [0.25, 0.3) is 0 Å². The maximum Gasteiger partial charge on any atom is 0.249 e. The van der Waals surface area contributed by atoms with Crippen molar-refractivity contribution in [2.75, 3.05) is 27.2 Å². The van der Waals surface area contributed by atoms with Crippen LogP contribution in [0.2, 0.25) is 0 Å². The van der Waals surface area contributed by atoms with Crippen molar-refractivity contribution in [2.45, 2.75) is 124 Å². The minimum absolute atomic E-state index is 0.0765. The molecule has 3 heteroatoms. The van der Waals surface area contributed by atoms with Crippen LogP contribution in [0.5, 0.6) is 0 Å². The molecular formula is C26H53N2O+. The number of nitrogens with zero attached hydrogens (tertiary/aromatic N) is 1. The highest BCUT2D eigenvalue weighted by molar-refractivity contribution is 5.87. The summed E-state index contributed by atoms with van der Waals surface area (Å²) in [6.07, 6.45) is 23.0. The van der Waals surface area contributed by atoms with Crippen LogP contribution in [0.4, 0.5) is 0 Å². The summed E-state index contributed by atoms with van der Waals surface area (Å²) in [4.78, 5) is 12.2. The normalized spacial score (nSPS) is 12.4. The first-order chi connectivity index (χ1) is 13.9. The fourth-order valence-electron chi connectivity index (χ4n) is 3.70. The Morgan fingerprint density at radius 1 is 0.690 bits per heavy atom. The molecule has 0 radical (unpaired) electrons.